The van der Waals surface area contributed by atoms with Gasteiger partial charge in [0.1, 0.15) is 17.2 Å². The van der Waals surface area contributed by atoms with Crippen molar-refractivity contribution in [1.82, 2.24) is 14.8 Å². The summed E-state index contributed by atoms with van der Waals surface area (Å²) in [6.07, 6.45) is 0.662. The highest BCUT2D eigenvalue weighted by molar-refractivity contribution is 6.46. The van der Waals surface area contributed by atoms with E-state index in [1.165, 1.54) is 4.90 Å². The van der Waals surface area contributed by atoms with Gasteiger partial charge >= 0.3 is 5.97 Å². The van der Waals surface area contributed by atoms with Gasteiger partial charge in [-0.2, -0.15) is 0 Å². The maximum atomic E-state index is 13.4. The number of rotatable bonds is 9. The zero-order valence-electron chi connectivity index (χ0n) is 22.3. The lowest BCUT2D eigenvalue weighted by Gasteiger charge is -2.29. The number of methoxy groups -OCH3 is 1. The van der Waals surface area contributed by atoms with Crippen molar-refractivity contribution in [3.8, 4) is 5.75 Å². The summed E-state index contributed by atoms with van der Waals surface area (Å²) < 4.78 is 15.8. The van der Waals surface area contributed by atoms with Gasteiger partial charge in [-0.05, 0) is 50.5 Å². The fourth-order valence-electron chi connectivity index (χ4n) is 5.18. The van der Waals surface area contributed by atoms with Crippen molar-refractivity contribution in [2.75, 3.05) is 53.1 Å². The molecule has 38 heavy (non-hydrogen) atoms. The Bertz CT molecular complexity index is 1230. The number of aryl methyl sites for hydroxylation is 1. The Morgan fingerprint density at radius 3 is 2.45 bits per heavy atom. The smallest absolute Gasteiger partial charge is 0.355 e. The van der Waals surface area contributed by atoms with Crippen molar-refractivity contribution < 1.29 is 33.7 Å². The van der Waals surface area contributed by atoms with Crippen LogP contribution in [-0.2, 0) is 19.1 Å². The fraction of sp³-hybridized carbons (Fsp3) is 0.464. The number of aliphatic hydroxyl groups excluding tert-OH is 1. The molecule has 2 aliphatic rings. The van der Waals surface area contributed by atoms with E-state index in [9.17, 15) is 19.5 Å². The van der Waals surface area contributed by atoms with Gasteiger partial charge in [0.05, 0.1) is 38.5 Å². The molecule has 1 aromatic carbocycles. The number of H-pyrrole nitrogens is 1. The number of hydrogen-bond donors (Lipinski definition) is 2. The van der Waals surface area contributed by atoms with E-state index in [1.807, 2.05) is 0 Å². The molecule has 0 saturated carbocycles. The quantitative estimate of drug-likeness (QED) is 0.222. The number of esters is 1. The van der Waals surface area contributed by atoms with Crippen molar-refractivity contribution in [3.05, 3.63) is 57.9 Å². The first-order chi connectivity index (χ1) is 18.3. The SMILES string of the molecule is CCOC(=O)c1[nH]c(C)c(C(O)=C2C(=O)C(=O)N(CCCN3CCOCC3)[C@@H]2c2ccc(OC)cc2)c1C. The summed E-state index contributed by atoms with van der Waals surface area (Å²) in [6, 6.07) is 6.31. The van der Waals surface area contributed by atoms with Crippen molar-refractivity contribution in [2.45, 2.75) is 33.2 Å². The lowest BCUT2D eigenvalue weighted by atomic mass is 9.94. The maximum absolute atomic E-state index is 13.4. The van der Waals surface area contributed by atoms with Crippen LogP contribution in [0, 0.1) is 13.8 Å². The minimum absolute atomic E-state index is 0.00727. The number of carbonyl (C=O) groups excluding carboxylic acids is 3. The standard InChI is InChI=1S/C28H35N3O7/c1-5-38-28(35)23-17(2)21(18(3)29-23)25(32)22-24(19-7-9-20(36-4)10-8-19)31(27(34)26(22)33)12-6-11-30-13-15-37-16-14-30/h7-10,24,29,32H,5-6,11-16H2,1-4H3/t24-/m1/s1. The lowest BCUT2D eigenvalue weighted by Crippen LogP contribution is -2.38. The Kier molecular flexibility index (Phi) is 8.53. The minimum atomic E-state index is -0.787. The Balaban J connectivity index is 1.73. The fourth-order valence-corrected chi connectivity index (χ4v) is 5.18. The van der Waals surface area contributed by atoms with Crippen molar-refractivity contribution >= 4 is 23.4 Å². The molecule has 2 N–H and O–H groups in total. The Hall–Kier alpha value is -3.63. The predicted octanol–water partition coefficient (Wildman–Crippen LogP) is 2.96. The minimum Gasteiger partial charge on any atom is -0.507 e. The summed E-state index contributed by atoms with van der Waals surface area (Å²) in [7, 11) is 1.56. The Morgan fingerprint density at radius 2 is 1.82 bits per heavy atom. The number of aromatic nitrogens is 1. The topological polar surface area (TPSA) is 121 Å². The van der Waals surface area contributed by atoms with E-state index in [4.69, 9.17) is 14.2 Å². The molecule has 0 aliphatic carbocycles. The molecular weight excluding hydrogens is 490 g/mol. The van der Waals surface area contributed by atoms with Gasteiger partial charge in [0.15, 0.2) is 0 Å². The second kappa shape index (κ2) is 11.8. The number of ether oxygens (including phenoxy) is 3. The van der Waals surface area contributed by atoms with Crippen LogP contribution in [0.15, 0.2) is 29.8 Å². The number of likely N-dealkylation sites (tertiary alicyclic amines) is 1. The monoisotopic (exact) mass is 525 g/mol. The molecule has 1 atom stereocenters. The molecule has 204 valence electrons. The van der Waals surface area contributed by atoms with Gasteiger partial charge in [-0.1, -0.05) is 12.1 Å². The van der Waals surface area contributed by atoms with Gasteiger partial charge in [0.2, 0.25) is 0 Å². The number of nitrogens with zero attached hydrogens (tertiary/aromatic N) is 2. The first-order valence-corrected chi connectivity index (χ1v) is 12.9. The number of Topliss-reactive ketones (excluding diaryl/α,β-unsaturated/α-hetero) is 1. The van der Waals surface area contributed by atoms with E-state index in [2.05, 4.69) is 9.88 Å². The third kappa shape index (κ3) is 5.32. The molecule has 3 heterocycles. The van der Waals surface area contributed by atoms with E-state index in [1.54, 1.807) is 52.1 Å². The largest absolute Gasteiger partial charge is 0.507 e. The number of benzene rings is 1. The van der Waals surface area contributed by atoms with Gasteiger partial charge in [-0.25, -0.2) is 4.79 Å². The molecule has 2 aromatic rings. The lowest BCUT2D eigenvalue weighted by molar-refractivity contribution is -0.140. The van der Waals surface area contributed by atoms with E-state index >= 15 is 0 Å². The molecule has 2 saturated heterocycles. The number of nitrogens with one attached hydrogen (secondary N) is 1. The average molecular weight is 526 g/mol. The van der Waals surface area contributed by atoms with E-state index in [0.717, 1.165) is 19.6 Å². The van der Waals surface area contributed by atoms with Crippen molar-refractivity contribution in [2.24, 2.45) is 0 Å². The van der Waals surface area contributed by atoms with Crippen LogP contribution >= 0.6 is 0 Å². The first-order valence-electron chi connectivity index (χ1n) is 12.9. The molecule has 2 aliphatic heterocycles. The zero-order chi connectivity index (χ0) is 27.4. The van der Waals surface area contributed by atoms with E-state index in [0.29, 0.717) is 54.3 Å². The highest BCUT2D eigenvalue weighted by Gasteiger charge is 2.46. The molecule has 1 amide bonds. The molecule has 10 heteroatoms. The van der Waals surface area contributed by atoms with Crippen LogP contribution in [0.4, 0.5) is 0 Å². The second-order valence-corrected chi connectivity index (χ2v) is 9.42. The third-order valence-corrected chi connectivity index (χ3v) is 7.10. The first kappa shape index (κ1) is 27.4. The number of morpholine rings is 1. The number of ketones is 1. The Labute approximate surface area is 222 Å². The summed E-state index contributed by atoms with van der Waals surface area (Å²) >= 11 is 0. The summed E-state index contributed by atoms with van der Waals surface area (Å²) in [4.78, 5) is 45.9. The molecule has 1 aromatic heterocycles. The third-order valence-electron chi connectivity index (χ3n) is 7.10. The van der Waals surface area contributed by atoms with Crippen molar-refractivity contribution in [3.63, 3.8) is 0 Å². The summed E-state index contributed by atoms with van der Waals surface area (Å²) in [5.74, 6) is -1.66. The highest BCUT2D eigenvalue weighted by Crippen LogP contribution is 2.41. The van der Waals surface area contributed by atoms with Crippen LogP contribution in [0.1, 0.15) is 52.3 Å². The summed E-state index contributed by atoms with van der Waals surface area (Å²) in [5.41, 5.74) is 2.13. The van der Waals surface area contributed by atoms with Crippen LogP contribution < -0.4 is 4.74 Å². The second-order valence-electron chi connectivity index (χ2n) is 9.42. The van der Waals surface area contributed by atoms with E-state index < -0.39 is 23.7 Å². The van der Waals surface area contributed by atoms with Gasteiger partial charge in [0.25, 0.3) is 11.7 Å². The van der Waals surface area contributed by atoms with Crippen LogP contribution in [0.5, 0.6) is 5.75 Å². The number of aliphatic hydroxyl groups is 1. The van der Waals surface area contributed by atoms with Crippen LogP contribution in [0.3, 0.4) is 0 Å². The van der Waals surface area contributed by atoms with Gasteiger partial charge in [-0.3, -0.25) is 14.5 Å². The molecule has 2 fully saturated rings. The highest BCUT2D eigenvalue weighted by atomic mass is 16.5. The number of amides is 1. The van der Waals surface area contributed by atoms with Crippen LogP contribution in [0.25, 0.3) is 5.76 Å². The molecule has 4 rings (SSSR count). The van der Waals surface area contributed by atoms with Gasteiger partial charge in [0, 0.05) is 37.4 Å². The van der Waals surface area contributed by atoms with Crippen LogP contribution in [0.2, 0.25) is 0 Å². The zero-order valence-corrected chi connectivity index (χ0v) is 22.3. The molecule has 0 radical (unpaired) electrons. The van der Waals surface area contributed by atoms with Crippen molar-refractivity contribution in [1.29, 1.82) is 0 Å². The Morgan fingerprint density at radius 1 is 1.13 bits per heavy atom. The number of hydrogen-bond acceptors (Lipinski definition) is 8. The molecule has 0 spiro atoms. The molecule has 0 bridgehead atoms. The van der Waals surface area contributed by atoms with E-state index in [-0.39, 0.29) is 23.6 Å². The normalized spacial score (nSPS) is 19.7. The summed E-state index contributed by atoms with van der Waals surface area (Å²) in [5, 5.41) is 11.5. The molecular formula is C28H35N3O7. The molecule has 10 nitrogen and oxygen atoms in total. The maximum Gasteiger partial charge on any atom is 0.355 e. The van der Waals surface area contributed by atoms with Gasteiger partial charge in [-0.15, -0.1) is 0 Å². The van der Waals surface area contributed by atoms with Gasteiger partial charge < -0.3 is 29.2 Å². The summed E-state index contributed by atoms with van der Waals surface area (Å²) in [6.45, 7) is 9.40. The van der Waals surface area contributed by atoms with Crippen LogP contribution in [-0.4, -0.2) is 90.7 Å². The molecule has 0 unspecified atom stereocenters. The number of aromatic amines is 1. The predicted molar refractivity (Wildman–Crippen MR) is 140 cm³/mol. The number of carbonyl (C=O) groups is 3. The average Bonchev–Trinajstić information content (AvgIpc) is 3.36.